The van der Waals surface area contributed by atoms with Crippen LogP contribution in [0.2, 0.25) is 0 Å². The van der Waals surface area contributed by atoms with Crippen LogP contribution in [-0.4, -0.2) is 24.1 Å². The number of aryl methyl sites for hydroxylation is 2. The third kappa shape index (κ3) is 3.44. The molecule has 0 spiro atoms. The molecular formula is C14H21N3O2. The van der Waals surface area contributed by atoms with Crippen molar-refractivity contribution in [3.63, 3.8) is 0 Å². The van der Waals surface area contributed by atoms with E-state index in [0.29, 0.717) is 11.7 Å². The molecule has 5 nitrogen and oxygen atoms in total. The van der Waals surface area contributed by atoms with Crippen molar-refractivity contribution in [2.45, 2.75) is 39.2 Å². The predicted molar refractivity (Wildman–Crippen MR) is 76.7 cm³/mol. The van der Waals surface area contributed by atoms with Crippen molar-refractivity contribution >= 4 is 11.4 Å². The lowest BCUT2D eigenvalue weighted by Crippen LogP contribution is -2.39. The smallest absolute Gasteiger partial charge is 0.292 e. The Morgan fingerprint density at radius 2 is 2.11 bits per heavy atom. The van der Waals surface area contributed by atoms with E-state index in [0.717, 1.165) is 30.6 Å². The van der Waals surface area contributed by atoms with E-state index in [-0.39, 0.29) is 10.6 Å². The molecule has 19 heavy (non-hydrogen) atoms. The van der Waals surface area contributed by atoms with Crippen molar-refractivity contribution in [1.82, 2.24) is 5.32 Å². The van der Waals surface area contributed by atoms with E-state index in [9.17, 15) is 10.1 Å². The van der Waals surface area contributed by atoms with Gasteiger partial charge in [-0.25, -0.2) is 0 Å². The summed E-state index contributed by atoms with van der Waals surface area (Å²) in [5, 5.41) is 17.7. The van der Waals surface area contributed by atoms with Crippen LogP contribution in [-0.2, 0) is 0 Å². The molecule has 0 amide bonds. The number of piperidine rings is 1. The third-order valence-corrected chi connectivity index (χ3v) is 3.76. The average Bonchev–Trinajstić information content (AvgIpc) is 2.40. The molecule has 0 aliphatic carbocycles. The number of nitrogens with zero attached hydrogens (tertiary/aromatic N) is 1. The van der Waals surface area contributed by atoms with Crippen LogP contribution in [0.3, 0.4) is 0 Å². The second kappa shape index (κ2) is 6.02. The van der Waals surface area contributed by atoms with Gasteiger partial charge in [-0.2, -0.15) is 0 Å². The molecule has 0 saturated carbocycles. The SMILES string of the molecule is Cc1cc(NCC2CCCCN2)c([N+](=O)[O-])cc1C. The Morgan fingerprint density at radius 1 is 1.37 bits per heavy atom. The van der Waals surface area contributed by atoms with Crippen LogP contribution < -0.4 is 10.6 Å². The minimum Gasteiger partial charge on any atom is -0.378 e. The van der Waals surface area contributed by atoms with Crippen molar-refractivity contribution in [3.05, 3.63) is 33.4 Å². The summed E-state index contributed by atoms with van der Waals surface area (Å²) in [5.74, 6) is 0. The molecule has 2 rings (SSSR count). The van der Waals surface area contributed by atoms with Gasteiger partial charge in [-0.05, 0) is 50.4 Å². The first-order valence-corrected chi connectivity index (χ1v) is 6.81. The van der Waals surface area contributed by atoms with Gasteiger partial charge in [0.2, 0.25) is 0 Å². The molecule has 1 fully saturated rings. The van der Waals surface area contributed by atoms with Crippen LogP contribution in [0.25, 0.3) is 0 Å². The second-order valence-electron chi connectivity index (χ2n) is 5.24. The van der Waals surface area contributed by atoms with Gasteiger partial charge in [0.15, 0.2) is 0 Å². The van der Waals surface area contributed by atoms with Crippen LogP contribution in [0.4, 0.5) is 11.4 Å². The Balaban J connectivity index is 2.09. The summed E-state index contributed by atoms with van der Waals surface area (Å²) in [4.78, 5) is 10.8. The minimum absolute atomic E-state index is 0.166. The van der Waals surface area contributed by atoms with Gasteiger partial charge < -0.3 is 10.6 Å². The minimum atomic E-state index is -0.316. The molecule has 2 N–H and O–H groups in total. The van der Waals surface area contributed by atoms with Crippen molar-refractivity contribution in [2.24, 2.45) is 0 Å². The normalized spacial score (nSPS) is 19.2. The zero-order valence-corrected chi connectivity index (χ0v) is 11.5. The highest BCUT2D eigenvalue weighted by atomic mass is 16.6. The fourth-order valence-corrected chi connectivity index (χ4v) is 2.42. The lowest BCUT2D eigenvalue weighted by Gasteiger charge is -2.24. The van der Waals surface area contributed by atoms with E-state index in [4.69, 9.17) is 0 Å². The summed E-state index contributed by atoms with van der Waals surface area (Å²) < 4.78 is 0. The van der Waals surface area contributed by atoms with Gasteiger partial charge in [-0.3, -0.25) is 10.1 Å². The van der Waals surface area contributed by atoms with Gasteiger partial charge >= 0.3 is 0 Å². The van der Waals surface area contributed by atoms with E-state index in [1.54, 1.807) is 6.07 Å². The number of rotatable bonds is 4. The second-order valence-corrected chi connectivity index (χ2v) is 5.24. The van der Waals surface area contributed by atoms with Gasteiger partial charge in [0.05, 0.1) is 4.92 Å². The number of nitrogens with one attached hydrogen (secondary N) is 2. The summed E-state index contributed by atoms with van der Waals surface area (Å²) >= 11 is 0. The molecule has 1 unspecified atom stereocenters. The lowest BCUT2D eigenvalue weighted by atomic mass is 10.0. The van der Waals surface area contributed by atoms with Crippen molar-refractivity contribution < 1.29 is 4.92 Å². The van der Waals surface area contributed by atoms with Crippen LogP contribution >= 0.6 is 0 Å². The van der Waals surface area contributed by atoms with Crippen molar-refractivity contribution in [3.8, 4) is 0 Å². The Bertz CT molecular complexity index is 468. The summed E-state index contributed by atoms with van der Waals surface area (Å²) in [5.41, 5.74) is 2.82. The maximum absolute atomic E-state index is 11.1. The van der Waals surface area contributed by atoms with Crippen LogP contribution in [0.1, 0.15) is 30.4 Å². The van der Waals surface area contributed by atoms with Crippen LogP contribution in [0.15, 0.2) is 12.1 Å². The Hall–Kier alpha value is -1.62. The largest absolute Gasteiger partial charge is 0.378 e. The fraction of sp³-hybridized carbons (Fsp3) is 0.571. The average molecular weight is 263 g/mol. The maximum Gasteiger partial charge on any atom is 0.292 e. The van der Waals surface area contributed by atoms with Gasteiger partial charge in [-0.1, -0.05) is 6.42 Å². The van der Waals surface area contributed by atoms with Gasteiger partial charge in [0.25, 0.3) is 5.69 Å². The number of hydrogen-bond acceptors (Lipinski definition) is 4. The molecular weight excluding hydrogens is 242 g/mol. The molecule has 1 heterocycles. The van der Waals surface area contributed by atoms with Crippen molar-refractivity contribution in [1.29, 1.82) is 0 Å². The monoisotopic (exact) mass is 263 g/mol. The third-order valence-electron chi connectivity index (χ3n) is 3.76. The number of anilines is 1. The van der Waals surface area contributed by atoms with Crippen LogP contribution in [0, 0.1) is 24.0 Å². The molecule has 0 aromatic heterocycles. The van der Waals surface area contributed by atoms with Gasteiger partial charge in [0, 0.05) is 18.7 Å². The molecule has 1 atom stereocenters. The number of hydrogen-bond donors (Lipinski definition) is 2. The quantitative estimate of drug-likeness (QED) is 0.647. The van der Waals surface area contributed by atoms with Gasteiger partial charge in [0.1, 0.15) is 5.69 Å². The van der Waals surface area contributed by atoms with Crippen molar-refractivity contribution in [2.75, 3.05) is 18.4 Å². The Morgan fingerprint density at radius 3 is 2.74 bits per heavy atom. The van der Waals surface area contributed by atoms with E-state index in [1.807, 2.05) is 19.9 Å². The number of benzene rings is 1. The summed E-state index contributed by atoms with van der Waals surface area (Å²) in [7, 11) is 0. The summed E-state index contributed by atoms with van der Waals surface area (Å²) in [6, 6.07) is 3.93. The molecule has 1 aliphatic heterocycles. The topological polar surface area (TPSA) is 67.2 Å². The molecule has 1 aromatic carbocycles. The maximum atomic E-state index is 11.1. The van der Waals surface area contributed by atoms with E-state index >= 15 is 0 Å². The van der Waals surface area contributed by atoms with Crippen LogP contribution in [0.5, 0.6) is 0 Å². The zero-order valence-electron chi connectivity index (χ0n) is 11.5. The molecule has 1 saturated heterocycles. The number of nitro benzene ring substituents is 1. The molecule has 5 heteroatoms. The zero-order chi connectivity index (χ0) is 13.8. The van der Waals surface area contributed by atoms with Gasteiger partial charge in [-0.15, -0.1) is 0 Å². The molecule has 1 aliphatic rings. The highest BCUT2D eigenvalue weighted by Gasteiger charge is 2.17. The molecule has 0 bridgehead atoms. The highest BCUT2D eigenvalue weighted by Crippen LogP contribution is 2.28. The summed E-state index contributed by atoms with van der Waals surface area (Å²) in [6.07, 6.45) is 3.58. The predicted octanol–water partition coefficient (Wildman–Crippen LogP) is 2.77. The Labute approximate surface area is 113 Å². The Kier molecular flexibility index (Phi) is 4.37. The van der Waals surface area contributed by atoms with E-state index in [2.05, 4.69) is 10.6 Å². The molecule has 0 radical (unpaired) electrons. The molecule has 104 valence electrons. The fourth-order valence-electron chi connectivity index (χ4n) is 2.42. The standard InChI is InChI=1S/C14H21N3O2/c1-10-7-13(14(17(18)19)8-11(10)2)16-9-12-5-3-4-6-15-12/h7-8,12,15-16H,3-6,9H2,1-2H3. The van der Waals surface area contributed by atoms with E-state index < -0.39 is 0 Å². The summed E-state index contributed by atoms with van der Waals surface area (Å²) in [6.45, 7) is 5.66. The first-order chi connectivity index (χ1) is 9.08. The number of nitro groups is 1. The first-order valence-electron chi connectivity index (χ1n) is 6.81. The highest BCUT2D eigenvalue weighted by molar-refractivity contribution is 5.64. The molecule has 1 aromatic rings. The van der Waals surface area contributed by atoms with E-state index in [1.165, 1.54) is 12.8 Å². The first kappa shape index (κ1) is 13.8. The lowest BCUT2D eigenvalue weighted by molar-refractivity contribution is -0.384.